The molecule has 1 aromatic carbocycles. The lowest BCUT2D eigenvalue weighted by Gasteiger charge is -2.34. The van der Waals surface area contributed by atoms with E-state index in [0.717, 1.165) is 57.2 Å². The number of esters is 1. The van der Waals surface area contributed by atoms with Crippen LogP contribution in [-0.4, -0.2) is 48.8 Å². The van der Waals surface area contributed by atoms with Gasteiger partial charge in [0, 0.05) is 5.92 Å². The predicted molar refractivity (Wildman–Crippen MR) is 106 cm³/mol. The van der Waals surface area contributed by atoms with Gasteiger partial charge in [-0.05, 0) is 57.3 Å². The Kier molecular flexibility index (Phi) is 8.39. The highest BCUT2D eigenvalue weighted by molar-refractivity contribution is 5.85. The number of benzene rings is 1. The number of halogens is 1. The van der Waals surface area contributed by atoms with Gasteiger partial charge < -0.3 is 14.7 Å². The fourth-order valence-corrected chi connectivity index (χ4v) is 4.27. The summed E-state index contributed by atoms with van der Waals surface area (Å²) in [5.41, 5.74) is 0.974. The molecule has 2 aliphatic rings. The normalized spacial score (nSPS) is 25.9. The summed E-state index contributed by atoms with van der Waals surface area (Å²) in [7, 11) is 2.14. The maximum Gasteiger partial charge on any atom is 0.313 e. The second kappa shape index (κ2) is 10.3. The summed E-state index contributed by atoms with van der Waals surface area (Å²) >= 11 is 0. The van der Waals surface area contributed by atoms with Crippen LogP contribution in [0.25, 0.3) is 0 Å². The number of ether oxygens (including phenoxy) is 1. The summed E-state index contributed by atoms with van der Waals surface area (Å²) in [6.45, 7) is 2.66. The Morgan fingerprint density at radius 2 is 1.81 bits per heavy atom. The van der Waals surface area contributed by atoms with Gasteiger partial charge in [-0.25, -0.2) is 0 Å². The van der Waals surface area contributed by atoms with E-state index in [0.29, 0.717) is 12.5 Å². The van der Waals surface area contributed by atoms with Crippen LogP contribution in [0, 0.1) is 11.8 Å². The maximum atomic E-state index is 13.0. The number of hydrogen-bond acceptors (Lipinski definition) is 4. The van der Waals surface area contributed by atoms with Crippen molar-refractivity contribution in [1.82, 2.24) is 4.90 Å². The molecule has 5 heteroatoms. The highest BCUT2D eigenvalue weighted by Crippen LogP contribution is 2.37. The molecule has 1 heterocycles. The predicted octanol–water partition coefficient (Wildman–Crippen LogP) is 3.63. The fraction of sp³-hybridized carbons (Fsp3) is 0.667. The van der Waals surface area contributed by atoms with Gasteiger partial charge in [0.1, 0.15) is 0 Å². The van der Waals surface area contributed by atoms with Gasteiger partial charge in [0.25, 0.3) is 0 Å². The molecule has 0 amide bonds. The Morgan fingerprint density at radius 3 is 2.46 bits per heavy atom. The minimum absolute atomic E-state index is 0. The quantitative estimate of drug-likeness (QED) is 0.791. The highest BCUT2D eigenvalue weighted by Gasteiger charge is 2.37. The van der Waals surface area contributed by atoms with Crippen LogP contribution in [0.3, 0.4) is 0 Å². The zero-order valence-corrected chi connectivity index (χ0v) is 16.5. The maximum absolute atomic E-state index is 13.0. The molecular formula is C21H32ClNO3. The molecule has 4 nitrogen and oxygen atoms in total. The largest absolute Gasteiger partial charge is 0.465 e. The number of piperidine rings is 1. The molecule has 0 radical (unpaired) electrons. The Morgan fingerprint density at radius 1 is 1.15 bits per heavy atom. The lowest BCUT2D eigenvalue weighted by Crippen LogP contribution is -2.36. The van der Waals surface area contributed by atoms with Crippen LogP contribution in [0.4, 0.5) is 0 Å². The van der Waals surface area contributed by atoms with E-state index in [1.54, 1.807) is 0 Å². The zero-order chi connectivity index (χ0) is 17.6. The fourth-order valence-electron chi connectivity index (χ4n) is 4.27. The molecule has 1 aromatic rings. The first-order chi connectivity index (χ1) is 12.1. The van der Waals surface area contributed by atoms with Crippen molar-refractivity contribution in [2.75, 3.05) is 26.7 Å². The average molecular weight is 382 g/mol. The van der Waals surface area contributed by atoms with Crippen molar-refractivity contribution >= 4 is 18.4 Å². The molecule has 26 heavy (non-hydrogen) atoms. The molecule has 1 aliphatic heterocycles. The van der Waals surface area contributed by atoms with Crippen molar-refractivity contribution in [3.63, 3.8) is 0 Å². The van der Waals surface area contributed by atoms with E-state index in [1.807, 2.05) is 30.3 Å². The van der Waals surface area contributed by atoms with Gasteiger partial charge in [0.15, 0.2) is 0 Å². The second-order valence-electron chi connectivity index (χ2n) is 7.78. The van der Waals surface area contributed by atoms with Gasteiger partial charge in [0.05, 0.1) is 18.6 Å². The van der Waals surface area contributed by atoms with Gasteiger partial charge >= 0.3 is 5.97 Å². The molecule has 3 unspecified atom stereocenters. The lowest BCUT2D eigenvalue weighted by molar-refractivity contribution is -0.150. The van der Waals surface area contributed by atoms with Crippen LogP contribution in [0.15, 0.2) is 30.3 Å². The van der Waals surface area contributed by atoms with Crippen molar-refractivity contribution in [2.24, 2.45) is 11.8 Å². The molecule has 1 saturated carbocycles. The molecule has 2 fully saturated rings. The van der Waals surface area contributed by atoms with Gasteiger partial charge in [-0.15, -0.1) is 12.4 Å². The number of carbonyl (C=O) groups excluding carboxylic acids is 1. The third-order valence-electron chi connectivity index (χ3n) is 5.92. The summed E-state index contributed by atoms with van der Waals surface area (Å²) in [5, 5.41) is 10.5. The van der Waals surface area contributed by atoms with E-state index in [-0.39, 0.29) is 30.2 Å². The standard InChI is InChI=1S/C21H31NO3.ClH/c1-22-13-11-16(12-14-22)15-25-21(24)20(17-7-3-2-4-8-17)18-9-5-6-10-19(18)23;/h2-4,7-8,16,18-20,23H,5-6,9-15H2,1H3;1H. The summed E-state index contributed by atoms with van der Waals surface area (Å²) in [6.07, 6.45) is 5.57. The van der Waals surface area contributed by atoms with Crippen molar-refractivity contribution in [3.8, 4) is 0 Å². The Labute approximate surface area is 163 Å². The minimum atomic E-state index is -0.408. The third-order valence-corrected chi connectivity index (χ3v) is 5.92. The smallest absolute Gasteiger partial charge is 0.313 e. The molecule has 0 spiro atoms. The van der Waals surface area contributed by atoms with E-state index in [4.69, 9.17) is 4.74 Å². The summed E-state index contributed by atoms with van der Waals surface area (Å²) in [6, 6.07) is 9.86. The van der Waals surface area contributed by atoms with Gasteiger partial charge in [0.2, 0.25) is 0 Å². The van der Waals surface area contributed by atoms with Crippen LogP contribution in [0.5, 0.6) is 0 Å². The van der Waals surface area contributed by atoms with Crippen LogP contribution in [0.1, 0.15) is 50.0 Å². The van der Waals surface area contributed by atoms with E-state index < -0.39 is 6.10 Å². The molecule has 1 N–H and O–H groups in total. The van der Waals surface area contributed by atoms with E-state index in [2.05, 4.69) is 11.9 Å². The van der Waals surface area contributed by atoms with Crippen LogP contribution in [-0.2, 0) is 9.53 Å². The molecular weight excluding hydrogens is 350 g/mol. The number of aliphatic hydroxyl groups is 1. The molecule has 1 saturated heterocycles. The van der Waals surface area contributed by atoms with Crippen molar-refractivity contribution < 1.29 is 14.6 Å². The second-order valence-corrected chi connectivity index (χ2v) is 7.78. The van der Waals surface area contributed by atoms with Crippen LogP contribution >= 0.6 is 12.4 Å². The number of hydrogen-bond donors (Lipinski definition) is 1. The number of likely N-dealkylation sites (tertiary alicyclic amines) is 1. The van der Waals surface area contributed by atoms with E-state index >= 15 is 0 Å². The molecule has 3 atom stereocenters. The van der Waals surface area contributed by atoms with Crippen molar-refractivity contribution in [3.05, 3.63) is 35.9 Å². The Hall–Kier alpha value is -1.10. The molecule has 0 bridgehead atoms. The number of aliphatic hydroxyl groups excluding tert-OH is 1. The summed E-state index contributed by atoms with van der Waals surface area (Å²) < 4.78 is 5.77. The van der Waals surface area contributed by atoms with Crippen LogP contribution in [0.2, 0.25) is 0 Å². The zero-order valence-electron chi connectivity index (χ0n) is 15.7. The Bertz CT molecular complexity index is 545. The Balaban J connectivity index is 0.00000243. The summed E-state index contributed by atoms with van der Waals surface area (Å²) in [5.74, 6) is -0.0622. The summed E-state index contributed by atoms with van der Waals surface area (Å²) in [4.78, 5) is 15.3. The topological polar surface area (TPSA) is 49.8 Å². The number of nitrogens with zero attached hydrogens (tertiary/aromatic N) is 1. The molecule has 3 rings (SSSR count). The van der Waals surface area contributed by atoms with Crippen LogP contribution < -0.4 is 0 Å². The first-order valence-corrected chi connectivity index (χ1v) is 9.73. The highest BCUT2D eigenvalue weighted by atomic mass is 35.5. The SMILES string of the molecule is CN1CCC(COC(=O)C(c2ccccc2)C2CCCCC2O)CC1.Cl. The van der Waals surface area contributed by atoms with Gasteiger partial charge in [-0.3, -0.25) is 4.79 Å². The van der Waals surface area contributed by atoms with Crippen molar-refractivity contribution in [1.29, 1.82) is 0 Å². The van der Waals surface area contributed by atoms with E-state index in [1.165, 1.54) is 0 Å². The van der Waals surface area contributed by atoms with Crippen molar-refractivity contribution in [2.45, 2.75) is 50.5 Å². The first kappa shape index (κ1) is 21.2. The first-order valence-electron chi connectivity index (χ1n) is 9.73. The monoisotopic (exact) mass is 381 g/mol. The van der Waals surface area contributed by atoms with Gasteiger partial charge in [-0.2, -0.15) is 0 Å². The molecule has 0 aromatic heterocycles. The average Bonchev–Trinajstić information content (AvgIpc) is 2.64. The third kappa shape index (κ3) is 5.45. The van der Waals surface area contributed by atoms with E-state index in [9.17, 15) is 9.90 Å². The minimum Gasteiger partial charge on any atom is -0.465 e. The number of rotatable bonds is 5. The molecule has 1 aliphatic carbocycles. The molecule has 146 valence electrons. The van der Waals surface area contributed by atoms with Gasteiger partial charge in [-0.1, -0.05) is 43.2 Å². The lowest BCUT2D eigenvalue weighted by atomic mass is 9.75. The number of carbonyl (C=O) groups is 1.